The summed E-state index contributed by atoms with van der Waals surface area (Å²) in [6.07, 6.45) is 1.64. The molecule has 2 N–H and O–H groups in total. The van der Waals surface area contributed by atoms with E-state index >= 15 is 0 Å². The molecule has 0 fully saturated rings. The van der Waals surface area contributed by atoms with E-state index in [0.29, 0.717) is 0 Å². The van der Waals surface area contributed by atoms with Gasteiger partial charge in [-0.05, 0) is 23.3 Å². The summed E-state index contributed by atoms with van der Waals surface area (Å²) in [6.45, 7) is 0.216. The third-order valence-corrected chi connectivity index (χ3v) is 3.47. The van der Waals surface area contributed by atoms with E-state index in [0.717, 1.165) is 24.2 Å². The van der Waals surface area contributed by atoms with Crippen LogP contribution in [-0.4, -0.2) is 18.2 Å². The molecule has 1 aliphatic carbocycles. The molecule has 0 saturated carbocycles. The van der Waals surface area contributed by atoms with E-state index in [4.69, 9.17) is 0 Å². The molecule has 0 atom stereocenters. The van der Waals surface area contributed by atoms with Gasteiger partial charge in [0.05, 0.1) is 6.54 Å². The topological polar surface area (TPSA) is 53.5 Å². The lowest BCUT2D eigenvalue weighted by atomic mass is 10.1. The number of anilines is 1. The molecule has 0 radical (unpaired) electrons. The van der Waals surface area contributed by atoms with Crippen LogP contribution in [0.25, 0.3) is 0 Å². The lowest BCUT2D eigenvalue weighted by molar-refractivity contribution is -0.119. The number of carbonyl (C=O) groups excluding carboxylic acids is 1. The summed E-state index contributed by atoms with van der Waals surface area (Å²) >= 11 is 0. The van der Waals surface area contributed by atoms with E-state index in [9.17, 15) is 4.79 Å². The first-order valence-corrected chi connectivity index (χ1v) is 7.01. The van der Waals surface area contributed by atoms with Crippen LogP contribution in [0.5, 0.6) is 0 Å². The van der Waals surface area contributed by atoms with E-state index in [1.54, 1.807) is 0 Å². The second kappa shape index (κ2) is 6.22. The highest BCUT2D eigenvalue weighted by molar-refractivity contribution is 5.93. The number of amides is 1. The van der Waals surface area contributed by atoms with Gasteiger partial charge in [0.1, 0.15) is 0 Å². The minimum Gasteiger partial charge on any atom is -0.376 e. The van der Waals surface area contributed by atoms with Crippen molar-refractivity contribution >= 4 is 17.3 Å². The zero-order valence-electron chi connectivity index (χ0n) is 11.7. The van der Waals surface area contributed by atoms with Crippen LogP contribution in [0.3, 0.4) is 0 Å². The van der Waals surface area contributed by atoms with Crippen LogP contribution < -0.4 is 10.7 Å². The maximum atomic E-state index is 11.8. The predicted octanol–water partition coefficient (Wildman–Crippen LogP) is 2.37. The van der Waals surface area contributed by atoms with Crippen molar-refractivity contribution in [3.05, 3.63) is 65.7 Å². The molecule has 0 spiro atoms. The zero-order chi connectivity index (χ0) is 14.5. The molecule has 0 heterocycles. The first-order chi connectivity index (χ1) is 10.3. The van der Waals surface area contributed by atoms with E-state index in [2.05, 4.69) is 28.0 Å². The lowest BCUT2D eigenvalue weighted by Crippen LogP contribution is -2.27. The highest BCUT2D eigenvalue weighted by atomic mass is 16.2. The average Bonchev–Trinajstić information content (AvgIpc) is 2.95. The highest BCUT2D eigenvalue weighted by Gasteiger charge is 2.16. The van der Waals surface area contributed by atoms with Crippen molar-refractivity contribution in [3.63, 3.8) is 0 Å². The molecule has 0 saturated heterocycles. The smallest absolute Gasteiger partial charge is 0.259 e. The summed E-state index contributed by atoms with van der Waals surface area (Å²) in [5.74, 6) is -0.137. The van der Waals surface area contributed by atoms with Gasteiger partial charge in [0.15, 0.2) is 0 Å². The van der Waals surface area contributed by atoms with Gasteiger partial charge in [-0.2, -0.15) is 5.10 Å². The van der Waals surface area contributed by atoms with Gasteiger partial charge < -0.3 is 5.32 Å². The Kier molecular flexibility index (Phi) is 3.96. The van der Waals surface area contributed by atoms with Crippen molar-refractivity contribution in [2.45, 2.75) is 12.8 Å². The van der Waals surface area contributed by atoms with Crippen LogP contribution >= 0.6 is 0 Å². The summed E-state index contributed by atoms with van der Waals surface area (Å²) in [4.78, 5) is 11.8. The summed E-state index contributed by atoms with van der Waals surface area (Å²) < 4.78 is 0. The number of rotatable bonds is 4. The molecule has 0 bridgehead atoms. The standard InChI is InChI=1S/C17H17N3O/c21-17(12-18-15-8-2-1-3-9-15)20-19-16-10-13-6-4-5-7-14(13)11-16/h1-9,18H,10-12H2,(H,20,21). The van der Waals surface area contributed by atoms with E-state index in [1.165, 1.54) is 11.1 Å². The minimum absolute atomic E-state index is 0.137. The first kappa shape index (κ1) is 13.4. The molecule has 3 rings (SSSR count). The Morgan fingerprint density at radius 3 is 2.24 bits per heavy atom. The third-order valence-electron chi connectivity index (χ3n) is 3.47. The predicted molar refractivity (Wildman–Crippen MR) is 84.4 cm³/mol. The SMILES string of the molecule is O=C(CNc1ccccc1)NN=C1Cc2ccccc2C1. The van der Waals surface area contributed by atoms with E-state index in [1.807, 2.05) is 42.5 Å². The number of hydrogen-bond acceptors (Lipinski definition) is 3. The second-order valence-electron chi connectivity index (χ2n) is 5.05. The molecule has 0 aromatic heterocycles. The van der Waals surface area contributed by atoms with Crippen molar-refractivity contribution < 1.29 is 4.79 Å². The number of para-hydroxylation sites is 1. The van der Waals surface area contributed by atoms with Crippen molar-refractivity contribution in [1.82, 2.24) is 5.43 Å². The molecule has 0 unspecified atom stereocenters. The van der Waals surface area contributed by atoms with Gasteiger partial charge in [-0.15, -0.1) is 0 Å². The Balaban J connectivity index is 1.49. The van der Waals surface area contributed by atoms with Gasteiger partial charge in [0.25, 0.3) is 5.91 Å². The fourth-order valence-corrected chi connectivity index (χ4v) is 2.40. The Bertz CT molecular complexity index is 638. The van der Waals surface area contributed by atoms with Crippen LogP contribution in [0.2, 0.25) is 0 Å². The van der Waals surface area contributed by atoms with E-state index < -0.39 is 0 Å². The summed E-state index contributed by atoms with van der Waals surface area (Å²) in [5, 5.41) is 7.28. The lowest BCUT2D eigenvalue weighted by Gasteiger charge is -2.05. The Labute approximate surface area is 123 Å². The number of nitrogens with one attached hydrogen (secondary N) is 2. The van der Waals surface area contributed by atoms with Crippen LogP contribution in [0, 0.1) is 0 Å². The normalized spacial score (nSPS) is 12.7. The Morgan fingerprint density at radius 1 is 0.952 bits per heavy atom. The molecular weight excluding hydrogens is 262 g/mol. The second-order valence-corrected chi connectivity index (χ2v) is 5.05. The molecule has 1 aliphatic rings. The molecule has 4 nitrogen and oxygen atoms in total. The average molecular weight is 279 g/mol. The van der Waals surface area contributed by atoms with Crippen LogP contribution in [0.1, 0.15) is 11.1 Å². The molecule has 4 heteroatoms. The van der Waals surface area contributed by atoms with Gasteiger partial charge in [-0.25, -0.2) is 5.43 Å². The quantitative estimate of drug-likeness (QED) is 0.844. The van der Waals surface area contributed by atoms with Gasteiger partial charge in [-0.3, -0.25) is 4.79 Å². The van der Waals surface area contributed by atoms with Crippen LogP contribution in [0.4, 0.5) is 5.69 Å². The van der Waals surface area contributed by atoms with Gasteiger partial charge >= 0.3 is 0 Å². The van der Waals surface area contributed by atoms with Crippen molar-refractivity contribution in [2.24, 2.45) is 5.10 Å². The molecule has 1 amide bonds. The number of hydrogen-bond donors (Lipinski definition) is 2. The fourth-order valence-electron chi connectivity index (χ4n) is 2.40. The number of carbonyl (C=O) groups is 1. The molecular formula is C17H17N3O. The maximum absolute atomic E-state index is 11.8. The summed E-state index contributed by atoms with van der Waals surface area (Å²) in [5.41, 5.74) is 7.14. The Hall–Kier alpha value is -2.62. The van der Waals surface area contributed by atoms with Gasteiger partial charge in [0.2, 0.25) is 0 Å². The molecule has 21 heavy (non-hydrogen) atoms. The van der Waals surface area contributed by atoms with Crippen molar-refractivity contribution in [2.75, 3.05) is 11.9 Å². The monoisotopic (exact) mass is 279 g/mol. The molecule has 2 aromatic rings. The largest absolute Gasteiger partial charge is 0.376 e. The number of fused-ring (bicyclic) bond motifs is 1. The van der Waals surface area contributed by atoms with Gasteiger partial charge in [-0.1, -0.05) is 42.5 Å². The molecule has 2 aromatic carbocycles. The van der Waals surface area contributed by atoms with Crippen molar-refractivity contribution in [3.8, 4) is 0 Å². The third kappa shape index (κ3) is 3.48. The van der Waals surface area contributed by atoms with Crippen molar-refractivity contribution in [1.29, 1.82) is 0 Å². The Morgan fingerprint density at radius 2 is 1.57 bits per heavy atom. The fraction of sp³-hybridized carbons (Fsp3) is 0.176. The van der Waals surface area contributed by atoms with Crippen LogP contribution in [0.15, 0.2) is 59.7 Å². The van der Waals surface area contributed by atoms with E-state index in [-0.39, 0.29) is 12.5 Å². The number of benzene rings is 2. The van der Waals surface area contributed by atoms with Gasteiger partial charge in [0, 0.05) is 24.2 Å². The zero-order valence-corrected chi connectivity index (χ0v) is 11.7. The number of nitrogens with zero attached hydrogens (tertiary/aromatic N) is 1. The first-order valence-electron chi connectivity index (χ1n) is 7.01. The highest BCUT2D eigenvalue weighted by Crippen LogP contribution is 2.19. The summed E-state index contributed by atoms with van der Waals surface area (Å²) in [6, 6.07) is 17.9. The van der Waals surface area contributed by atoms with Crippen LogP contribution in [-0.2, 0) is 17.6 Å². The minimum atomic E-state index is -0.137. The molecule has 106 valence electrons. The maximum Gasteiger partial charge on any atom is 0.259 e. The number of hydrazone groups is 1. The summed E-state index contributed by atoms with van der Waals surface area (Å²) in [7, 11) is 0. The molecule has 0 aliphatic heterocycles.